The van der Waals surface area contributed by atoms with Crippen LogP contribution in [0.15, 0.2) is 0 Å². The van der Waals surface area contributed by atoms with Gasteiger partial charge in [0.1, 0.15) is 0 Å². The Morgan fingerprint density at radius 3 is 1.61 bits per heavy atom. The van der Waals surface area contributed by atoms with Gasteiger partial charge >= 0.3 is 0 Å². The molecule has 0 saturated carbocycles. The van der Waals surface area contributed by atoms with Crippen molar-refractivity contribution in [2.24, 2.45) is 0 Å². The summed E-state index contributed by atoms with van der Waals surface area (Å²) >= 11 is 0. The summed E-state index contributed by atoms with van der Waals surface area (Å²) < 4.78 is 0. The standard InChI is InChI=1S/C13H27N3.2ClH/c1-2-4-8-15(9-5-3-1)12-13-16-10-6-14-7-11-16;;/h14H,1-13H2;2*1H. The summed E-state index contributed by atoms with van der Waals surface area (Å²) in [5.41, 5.74) is 0. The Balaban J connectivity index is 0.00000144. The van der Waals surface area contributed by atoms with Crippen molar-refractivity contribution >= 4 is 24.8 Å². The van der Waals surface area contributed by atoms with Gasteiger partial charge in [-0.2, -0.15) is 0 Å². The number of hydrogen-bond donors (Lipinski definition) is 1. The average molecular weight is 298 g/mol. The van der Waals surface area contributed by atoms with Crippen LogP contribution in [0.5, 0.6) is 0 Å². The molecular weight excluding hydrogens is 269 g/mol. The Morgan fingerprint density at radius 2 is 1.06 bits per heavy atom. The normalized spacial score (nSPS) is 23.3. The van der Waals surface area contributed by atoms with Crippen molar-refractivity contribution in [1.29, 1.82) is 0 Å². The maximum absolute atomic E-state index is 3.42. The first-order chi connectivity index (χ1) is 7.95. The van der Waals surface area contributed by atoms with E-state index in [1.165, 1.54) is 84.5 Å². The highest BCUT2D eigenvalue weighted by Gasteiger charge is 2.12. The van der Waals surface area contributed by atoms with Crippen LogP contribution in [0.4, 0.5) is 0 Å². The third kappa shape index (κ3) is 7.15. The van der Waals surface area contributed by atoms with Gasteiger partial charge in [-0.05, 0) is 25.9 Å². The van der Waals surface area contributed by atoms with Gasteiger partial charge in [-0.15, -0.1) is 24.8 Å². The first-order valence-electron chi connectivity index (χ1n) is 7.10. The Kier molecular flexibility index (Phi) is 11.6. The second-order valence-electron chi connectivity index (χ2n) is 5.20. The molecule has 2 rings (SSSR count). The number of piperazine rings is 1. The summed E-state index contributed by atoms with van der Waals surface area (Å²) in [5, 5.41) is 3.42. The SMILES string of the molecule is C1CCCN(CCN2CCNCC2)CCC1.Cl.Cl. The van der Waals surface area contributed by atoms with Gasteiger partial charge in [-0.1, -0.05) is 19.3 Å². The van der Waals surface area contributed by atoms with Gasteiger partial charge in [0.25, 0.3) is 0 Å². The van der Waals surface area contributed by atoms with Crippen LogP contribution >= 0.6 is 24.8 Å². The molecule has 2 aliphatic heterocycles. The zero-order valence-corrected chi connectivity index (χ0v) is 13.0. The number of nitrogens with one attached hydrogen (secondary N) is 1. The molecule has 2 aliphatic rings. The fourth-order valence-electron chi connectivity index (χ4n) is 2.75. The van der Waals surface area contributed by atoms with Crippen LogP contribution in [0.25, 0.3) is 0 Å². The molecule has 0 radical (unpaired) electrons. The highest BCUT2D eigenvalue weighted by molar-refractivity contribution is 5.85. The molecule has 0 bridgehead atoms. The zero-order chi connectivity index (χ0) is 11.1. The van der Waals surface area contributed by atoms with Crippen molar-refractivity contribution in [2.45, 2.75) is 32.1 Å². The van der Waals surface area contributed by atoms with Gasteiger partial charge in [0.05, 0.1) is 0 Å². The number of likely N-dealkylation sites (tertiary alicyclic amines) is 1. The molecule has 2 fully saturated rings. The lowest BCUT2D eigenvalue weighted by atomic mass is 10.1. The van der Waals surface area contributed by atoms with Gasteiger partial charge in [0, 0.05) is 39.3 Å². The molecule has 18 heavy (non-hydrogen) atoms. The van der Waals surface area contributed by atoms with Crippen LogP contribution in [0, 0.1) is 0 Å². The minimum Gasteiger partial charge on any atom is -0.314 e. The molecule has 3 nitrogen and oxygen atoms in total. The van der Waals surface area contributed by atoms with Crippen molar-refractivity contribution < 1.29 is 0 Å². The average Bonchev–Trinajstić information content (AvgIpc) is 2.29. The maximum Gasteiger partial charge on any atom is 0.0110 e. The largest absolute Gasteiger partial charge is 0.314 e. The third-order valence-electron chi connectivity index (χ3n) is 3.89. The van der Waals surface area contributed by atoms with Crippen molar-refractivity contribution in [3.63, 3.8) is 0 Å². The Labute approximate surface area is 124 Å². The fraction of sp³-hybridized carbons (Fsp3) is 1.00. The van der Waals surface area contributed by atoms with Crippen molar-refractivity contribution in [2.75, 3.05) is 52.4 Å². The number of hydrogen-bond acceptors (Lipinski definition) is 3. The van der Waals surface area contributed by atoms with Crippen molar-refractivity contribution in [1.82, 2.24) is 15.1 Å². The van der Waals surface area contributed by atoms with Gasteiger partial charge in [-0.25, -0.2) is 0 Å². The molecule has 0 spiro atoms. The lowest BCUT2D eigenvalue weighted by molar-refractivity contribution is 0.180. The molecular formula is C13H29Cl2N3. The lowest BCUT2D eigenvalue weighted by Gasteiger charge is -2.31. The van der Waals surface area contributed by atoms with Crippen molar-refractivity contribution in [3.05, 3.63) is 0 Å². The van der Waals surface area contributed by atoms with Crippen LogP contribution in [0.3, 0.4) is 0 Å². The van der Waals surface area contributed by atoms with Gasteiger partial charge in [0.15, 0.2) is 0 Å². The second-order valence-corrected chi connectivity index (χ2v) is 5.20. The smallest absolute Gasteiger partial charge is 0.0110 e. The van der Waals surface area contributed by atoms with E-state index in [-0.39, 0.29) is 24.8 Å². The molecule has 110 valence electrons. The van der Waals surface area contributed by atoms with Gasteiger partial charge < -0.3 is 10.2 Å². The maximum atomic E-state index is 3.42. The van der Waals surface area contributed by atoms with E-state index >= 15 is 0 Å². The summed E-state index contributed by atoms with van der Waals surface area (Å²) in [4.78, 5) is 5.29. The van der Waals surface area contributed by atoms with Gasteiger partial charge in [-0.3, -0.25) is 4.90 Å². The minimum absolute atomic E-state index is 0. The number of halogens is 2. The van der Waals surface area contributed by atoms with E-state index in [0.29, 0.717) is 0 Å². The summed E-state index contributed by atoms with van der Waals surface area (Å²) in [7, 11) is 0. The molecule has 0 unspecified atom stereocenters. The number of rotatable bonds is 3. The molecule has 5 heteroatoms. The fourth-order valence-corrected chi connectivity index (χ4v) is 2.75. The summed E-state index contributed by atoms with van der Waals surface area (Å²) in [5.74, 6) is 0. The first-order valence-corrected chi connectivity index (χ1v) is 7.10. The molecule has 0 aromatic rings. The highest BCUT2D eigenvalue weighted by atomic mass is 35.5. The van der Waals surface area contributed by atoms with E-state index in [1.807, 2.05) is 0 Å². The van der Waals surface area contributed by atoms with E-state index in [1.54, 1.807) is 0 Å². The minimum atomic E-state index is 0. The van der Waals surface area contributed by atoms with Crippen LogP contribution in [0.2, 0.25) is 0 Å². The monoisotopic (exact) mass is 297 g/mol. The second kappa shape index (κ2) is 11.3. The van der Waals surface area contributed by atoms with Crippen LogP contribution in [-0.2, 0) is 0 Å². The first kappa shape index (κ1) is 18.5. The Morgan fingerprint density at radius 1 is 0.611 bits per heavy atom. The quantitative estimate of drug-likeness (QED) is 0.860. The van der Waals surface area contributed by atoms with E-state index in [0.717, 1.165) is 0 Å². The Bertz CT molecular complexity index is 179. The molecule has 0 aromatic heterocycles. The molecule has 2 heterocycles. The molecule has 2 saturated heterocycles. The van der Waals surface area contributed by atoms with Crippen LogP contribution in [-0.4, -0.2) is 62.2 Å². The summed E-state index contributed by atoms with van der Waals surface area (Å²) in [6.45, 7) is 10.1. The summed E-state index contributed by atoms with van der Waals surface area (Å²) in [6, 6.07) is 0. The predicted molar refractivity (Wildman–Crippen MR) is 83.3 cm³/mol. The van der Waals surface area contributed by atoms with E-state index < -0.39 is 0 Å². The van der Waals surface area contributed by atoms with Crippen LogP contribution in [0.1, 0.15) is 32.1 Å². The van der Waals surface area contributed by atoms with E-state index in [4.69, 9.17) is 0 Å². The lowest BCUT2D eigenvalue weighted by Crippen LogP contribution is -2.46. The van der Waals surface area contributed by atoms with Crippen LogP contribution < -0.4 is 5.32 Å². The highest BCUT2D eigenvalue weighted by Crippen LogP contribution is 2.10. The summed E-state index contributed by atoms with van der Waals surface area (Å²) in [6.07, 6.45) is 7.20. The van der Waals surface area contributed by atoms with E-state index in [9.17, 15) is 0 Å². The van der Waals surface area contributed by atoms with Crippen molar-refractivity contribution in [3.8, 4) is 0 Å². The Hall–Kier alpha value is 0.460. The molecule has 0 atom stereocenters. The molecule has 0 amide bonds. The molecule has 1 N–H and O–H groups in total. The van der Waals surface area contributed by atoms with Gasteiger partial charge in [0.2, 0.25) is 0 Å². The zero-order valence-electron chi connectivity index (χ0n) is 11.4. The molecule has 0 aromatic carbocycles. The molecule has 0 aliphatic carbocycles. The number of nitrogens with zero attached hydrogens (tertiary/aromatic N) is 2. The predicted octanol–water partition coefficient (Wildman–Crippen LogP) is 2.00. The van der Waals surface area contributed by atoms with E-state index in [2.05, 4.69) is 15.1 Å². The third-order valence-corrected chi connectivity index (χ3v) is 3.89. The topological polar surface area (TPSA) is 18.5 Å².